The largest absolute Gasteiger partial charge is 0.497 e. The van der Waals surface area contributed by atoms with Crippen LogP contribution in [0.25, 0.3) is 0 Å². The first kappa shape index (κ1) is 19.2. The van der Waals surface area contributed by atoms with Crippen LogP contribution in [0.15, 0.2) is 42.5 Å². The van der Waals surface area contributed by atoms with Gasteiger partial charge in [0, 0.05) is 38.0 Å². The van der Waals surface area contributed by atoms with Crippen LogP contribution in [0.4, 0.5) is 10.1 Å². The molecule has 1 spiro atoms. The highest BCUT2D eigenvalue weighted by Gasteiger charge is 2.45. The predicted molar refractivity (Wildman–Crippen MR) is 108 cm³/mol. The maximum absolute atomic E-state index is 13.6. The van der Waals surface area contributed by atoms with E-state index < -0.39 is 11.5 Å². The molecular formula is C22H24FN3O3. The molecule has 0 radical (unpaired) electrons. The molecule has 1 N–H and O–H groups in total. The van der Waals surface area contributed by atoms with Crippen molar-refractivity contribution in [1.82, 2.24) is 10.2 Å². The Morgan fingerprint density at radius 3 is 2.66 bits per heavy atom. The third-order valence-electron chi connectivity index (χ3n) is 5.87. The van der Waals surface area contributed by atoms with Crippen molar-refractivity contribution in [2.75, 3.05) is 31.6 Å². The molecule has 1 fully saturated rings. The van der Waals surface area contributed by atoms with E-state index in [0.717, 1.165) is 5.69 Å². The van der Waals surface area contributed by atoms with Crippen LogP contribution in [-0.4, -0.2) is 49.1 Å². The number of halogens is 1. The average molecular weight is 397 g/mol. The molecule has 2 aliphatic rings. The molecule has 1 saturated heterocycles. The van der Waals surface area contributed by atoms with E-state index in [0.29, 0.717) is 49.4 Å². The van der Waals surface area contributed by atoms with E-state index in [4.69, 9.17) is 4.74 Å². The maximum Gasteiger partial charge on any atom is 0.255 e. The second kappa shape index (κ2) is 7.39. The van der Waals surface area contributed by atoms with E-state index in [9.17, 15) is 14.0 Å². The normalized spacial score (nSPS) is 17.7. The first-order valence-corrected chi connectivity index (χ1v) is 9.80. The van der Waals surface area contributed by atoms with E-state index in [1.807, 2.05) is 6.92 Å². The summed E-state index contributed by atoms with van der Waals surface area (Å²) in [5.74, 6) is -0.0994. The summed E-state index contributed by atoms with van der Waals surface area (Å²) < 4.78 is 18.8. The van der Waals surface area contributed by atoms with Crippen LogP contribution in [0.5, 0.6) is 5.75 Å². The second-order valence-corrected chi connectivity index (χ2v) is 7.42. The van der Waals surface area contributed by atoms with E-state index in [2.05, 4.69) is 10.2 Å². The van der Waals surface area contributed by atoms with Gasteiger partial charge in [-0.05, 0) is 43.3 Å². The Morgan fingerprint density at radius 1 is 1.21 bits per heavy atom. The lowest BCUT2D eigenvalue weighted by atomic mass is 9.89. The van der Waals surface area contributed by atoms with E-state index in [-0.39, 0.29) is 11.8 Å². The number of likely N-dealkylation sites (tertiary alicyclic amines) is 1. The molecule has 0 aliphatic carbocycles. The maximum atomic E-state index is 13.6. The van der Waals surface area contributed by atoms with Gasteiger partial charge in [0.2, 0.25) is 0 Å². The summed E-state index contributed by atoms with van der Waals surface area (Å²) in [6.45, 7) is 3.72. The lowest BCUT2D eigenvalue weighted by Crippen LogP contribution is -2.68. The Balaban J connectivity index is 1.55. The minimum absolute atomic E-state index is 0.0496. The quantitative estimate of drug-likeness (QED) is 0.865. The van der Waals surface area contributed by atoms with Gasteiger partial charge >= 0.3 is 0 Å². The number of hydrogen-bond donors (Lipinski definition) is 1. The molecule has 2 amide bonds. The number of fused-ring (bicyclic) bond motifs is 1. The molecule has 7 heteroatoms. The number of carbonyl (C=O) groups excluding carboxylic acids is 2. The Morgan fingerprint density at radius 2 is 1.97 bits per heavy atom. The van der Waals surface area contributed by atoms with Crippen LogP contribution >= 0.6 is 0 Å². The van der Waals surface area contributed by atoms with E-state index in [1.165, 1.54) is 12.1 Å². The van der Waals surface area contributed by atoms with Crippen LogP contribution < -0.4 is 15.0 Å². The molecule has 2 aromatic rings. The molecule has 2 aliphatic heterocycles. The minimum Gasteiger partial charge on any atom is -0.497 e. The molecule has 0 atom stereocenters. The lowest BCUT2D eigenvalue weighted by Gasteiger charge is -2.52. The Labute approximate surface area is 169 Å². The van der Waals surface area contributed by atoms with Gasteiger partial charge in [0.1, 0.15) is 17.2 Å². The highest BCUT2D eigenvalue weighted by atomic mass is 19.1. The number of nitrogens with zero attached hydrogens (tertiary/aromatic N) is 2. The topological polar surface area (TPSA) is 61.9 Å². The van der Waals surface area contributed by atoms with Crippen molar-refractivity contribution >= 4 is 17.5 Å². The molecule has 152 valence electrons. The molecule has 0 bridgehead atoms. The van der Waals surface area contributed by atoms with Crippen LogP contribution in [-0.2, 0) is 0 Å². The van der Waals surface area contributed by atoms with Gasteiger partial charge in [-0.25, -0.2) is 4.39 Å². The number of nitrogens with one attached hydrogen (secondary N) is 1. The minimum atomic E-state index is -0.568. The number of rotatable bonds is 3. The number of amides is 2. The molecule has 0 aromatic heterocycles. The van der Waals surface area contributed by atoms with Crippen molar-refractivity contribution in [2.24, 2.45) is 0 Å². The smallest absolute Gasteiger partial charge is 0.255 e. The molecule has 4 rings (SSSR count). The first-order chi connectivity index (χ1) is 14.0. The predicted octanol–water partition coefficient (Wildman–Crippen LogP) is 3.04. The zero-order chi connectivity index (χ0) is 20.6. The van der Waals surface area contributed by atoms with Crippen molar-refractivity contribution in [1.29, 1.82) is 0 Å². The van der Waals surface area contributed by atoms with Crippen LogP contribution in [0.2, 0.25) is 0 Å². The van der Waals surface area contributed by atoms with Crippen molar-refractivity contribution in [2.45, 2.75) is 25.4 Å². The van der Waals surface area contributed by atoms with Gasteiger partial charge in [-0.3, -0.25) is 9.59 Å². The number of piperidine rings is 1. The fraction of sp³-hybridized carbons (Fsp3) is 0.364. The number of anilines is 1. The summed E-state index contributed by atoms with van der Waals surface area (Å²) in [6, 6.07) is 11.4. The summed E-state index contributed by atoms with van der Waals surface area (Å²) in [5, 5.41) is 3.10. The van der Waals surface area contributed by atoms with Crippen LogP contribution in [0.3, 0.4) is 0 Å². The fourth-order valence-electron chi connectivity index (χ4n) is 4.39. The lowest BCUT2D eigenvalue weighted by molar-refractivity contribution is 0.0603. The molecule has 0 saturated carbocycles. The van der Waals surface area contributed by atoms with Crippen molar-refractivity contribution < 1.29 is 18.7 Å². The molecule has 2 heterocycles. The van der Waals surface area contributed by atoms with Crippen molar-refractivity contribution in [3.63, 3.8) is 0 Å². The van der Waals surface area contributed by atoms with Gasteiger partial charge in [-0.15, -0.1) is 0 Å². The molecule has 29 heavy (non-hydrogen) atoms. The first-order valence-electron chi connectivity index (χ1n) is 9.80. The summed E-state index contributed by atoms with van der Waals surface area (Å²) in [7, 11) is 1.57. The third-order valence-corrected chi connectivity index (χ3v) is 5.87. The van der Waals surface area contributed by atoms with E-state index >= 15 is 0 Å². The number of carbonyl (C=O) groups is 2. The van der Waals surface area contributed by atoms with Crippen LogP contribution in [0, 0.1) is 5.82 Å². The molecule has 6 nitrogen and oxygen atoms in total. The Kier molecular flexibility index (Phi) is 4.90. The standard InChI is InChI=1S/C22H24FN3O3/c1-3-26-19-8-7-16(23)14-18(19)20(27)24-22(26)9-11-25(12-10-22)21(28)15-5-4-6-17(13-15)29-2/h4-8,13-14H,3,9-12H2,1-2H3,(H,24,27). The van der Waals surface area contributed by atoms with Gasteiger partial charge in [-0.1, -0.05) is 6.07 Å². The summed E-state index contributed by atoms with van der Waals surface area (Å²) in [6.07, 6.45) is 1.19. The SMILES string of the molecule is CCN1c2ccc(F)cc2C(=O)NC12CCN(C(=O)c1cccc(OC)c1)CC2. The number of ether oxygens (including phenoxy) is 1. The number of methoxy groups -OCH3 is 1. The van der Waals surface area contributed by atoms with Gasteiger partial charge in [-0.2, -0.15) is 0 Å². The van der Waals surface area contributed by atoms with Crippen molar-refractivity contribution in [3.8, 4) is 5.75 Å². The second-order valence-electron chi connectivity index (χ2n) is 7.42. The van der Waals surface area contributed by atoms with Gasteiger partial charge < -0.3 is 19.9 Å². The number of benzene rings is 2. The molecular weight excluding hydrogens is 373 g/mol. The third kappa shape index (κ3) is 3.30. The van der Waals surface area contributed by atoms with Gasteiger partial charge in [0.25, 0.3) is 11.8 Å². The average Bonchev–Trinajstić information content (AvgIpc) is 2.74. The number of hydrogen-bond acceptors (Lipinski definition) is 4. The Bertz CT molecular complexity index is 954. The highest BCUT2D eigenvalue weighted by molar-refractivity contribution is 6.02. The van der Waals surface area contributed by atoms with Gasteiger partial charge in [0.15, 0.2) is 0 Å². The van der Waals surface area contributed by atoms with Crippen LogP contribution in [0.1, 0.15) is 40.5 Å². The fourth-order valence-corrected chi connectivity index (χ4v) is 4.39. The Hall–Kier alpha value is -3.09. The van der Waals surface area contributed by atoms with Gasteiger partial charge in [0.05, 0.1) is 18.4 Å². The summed E-state index contributed by atoms with van der Waals surface area (Å²) in [5.41, 5.74) is 1.11. The molecule has 2 aromatic carbocycles. The van der Waals surface area contributed by atoms with E-state index in [1.54, 1.807) is 42.3 Å². The highest BCUT2D eigenvalue weighted by Crippen LogP contribution is 2.37. The zero-order valence-electron chi connectivity index (χ0n) is 16.6. The zero-order valence-corrected chi connectivity index (χ0v) is 16.6. The molecule has 0 unspecified atom stereocenters. The summed E-state index contributed by atoms with van der Waals surface area (Å²) >= 11 is 0. The van der Waals surface area contributed by atoms with Crippen molar-refractivity contribution in [3.05, 3.63) is 59.4 Å². The summed E-state index contributed by atoms with van der Waals surface area (Å²) in [4.78, 5) is 29.5. The monoisotopic (exact) mass is 397 g/mol.